The van der Waals surface area contributed by atoms with Crippen LogP contribution in [-0.2, 0) is 18.6 Å². The van der Waals surface area contributed by atoms with Gasteiger partial charge in [0.05, 0.1) is 13.2 Å². The van der Waals surface area contributed by atoms with Gasteiger partial charge in [0.15, 0.2) is 8.32 Å². The van der Waals surface area contributed by atoms with Gasteiger partial charge in [-0.15, -0.1) is 0 Å². The van der Waals surface area contributed by atoms with E-state index in [2.05, 4.69) is 39.2 Å². The van der Waals surface area contributed by atoms with E-state index in [0.717, 1.165) is 19.4 Å². The third-order valence-corrected chi connectivity index (χ3v) is 8.75. The SMILES string of the molecule is CC(C)(C)OC(=O)NCCCOCCOCCCO[Si](C)(C)C(C)(C)C. The van der Waals surface area contributed by atoms with Crippen molar-refractivity contribution in [3.8, 4) is 0 Å². The molecule has 0 aromatic heterocycles. The standard InChI is InChI=1S/C19H41NO5Si/c1-18(2,3)25-17(21)20-11-9-12-22-15-16-23-13-10-14-24-26(7,8)19(4,5)6/h9-16H2,1-8H3,(H,20,21). The van der Waals surface area contributed by atoms with Crippen molar-refractivity contribution in [2.75, 3.05) is 39.6 Å². The summed E-state index contributed by atoms with van der Waals surface area (Å²) in [5.74, 6) is 0. The van der Waals surface area contributed by atoms with Crippen LogP contribution in [0.5, 0.6) is 0 Å². The number of nitrogens with one attached hydrogen (secondary N) is 1. The lowest BCUT2D eigenvalue weighted by atomic mass is 10.2. The first-order chi connectivity index (χ1) is 11.9. The molecule has 0 fully saturated rings. The molecule has 0 saturated carbocycles. The van der Waals surface area contributed by atoms with Gasteiger partial charge in [0, 0.05) is 26.4 Å². The molecule has 0 bridgehead atoms. The average molecular weight is 392 g/mol. The van der Waals surface area contributed by atoms with Crippen LogP contribution in [0, 0.1) is 0 Å². The molecule has 0 saturated heterocycles. The molecule has 7 heteroatoms. The van der Waals surface area contributed by atoms with Crippen LogP contribution < -0.4 is 5.32 Å². The highest BCUT2D eigenvalue weighted by Gasteiger charge is 2.36. The highest BCUT2D eigenvalue weighted by Crippen LogP contribution is 2.36. The summed E-state index contributed by atoms with van der Waals surface area (Å²) in [6.45, 7) is 20.5. The Morgan fingerprint density at radius 1 is 0.846 bits per heavy atom. The average Bonchev–Trinajstić information content (AvgIpc) is 2.45. The Labute approximate surface area is 161 Å². The number of carbonyl (C=O) groups excluding carboxylic acids is 1. The summed E-state index contributed by atoms with van der Waals surface area (Å²) >= 11 is 0. The van der Waals surface area contributed by atoms with Crippen molar-refractivity contribution in [1.82, 2.24) is 5.32 Å². The molecule has 6 nitrogen and oxygen atoms in total. The Morgan fingerprint density at radius 2 is 1.38 bits per heavy atom. The van der Waals surface area contributed by atoms with Gasteiger partial charge in [-0.2, -0.15) is 0 Å². The minimum absolute atomic E-state index is 0.250. The lowest BCUT2D eigenvalue weighted by molar-refractivity contribution is 0.0400. The Morgan fingerprint density at radius 3 is 1.88 bits per heavy atom. The number of rotatable bonds is 12. The van der Waals surface area contributed by atoms with E-state index in [1.807, 2.05) is 20.8 Å². The van der Waals surface area contributed by atoms with Gasteiger partial charge in [0.1, 0.15) is 5.60 Å². The molecule has 0 aliphatic carbocycles. The maximum absolute atomic E-state index is 11.4. The Balaban J connectivity index is 3.41. The number of ether oxygens (including phenoxy) is 3. The first-order valence-electron chi connectivity index (χ1n) is 9.61. The fraction of sp³-hybridized carbons (Fsp3) is 0.947. The molecule has 0 atom stereocenters. The van der Waals surface area contributed by atoms with E-state index in [1.54, 1.807) is 0 Å². The predicted octanol–water partition coefficient (Wildman–Crippen LogP) is 4.35. The molecular weight excluding hydrogens is 350 g/mol. The van der Waals surface area contributed by atoms with Gasteiger partial charge >= 0.3 is 6.09 Å². The van der Waals surface area contributed by atoms with E-state index >= 15 is 0 Å². The smallest absolute Gasteiger partial charge is 0.407 e. The zero-order valence-corrected chi connectivity index (χ0v) is 19.2. The number of amides is 1. The molecule has 0 aliphatic heterocycles. The molecule has 0 aromatic rings. The maximum atomic E-state index is 11.4. The first kappa shape index (κ1) is 25.4. The zero-order valence-electron chi connectivity index (χ0n) is 18.2. The van der Waals surface area contributed by atoms with Crippen molar-refractivity contribution < 1.29 is 23.4 Å². The van der Waals surface area contributed by atoms with Crippen molar-refractivity contribution in [2.45, 2.75) is 78.1 Å². The molecule has 0 rings (SSSR count). The lowest BCUT2D eigenvalue weighted by Gasteiger charge is -2.36. The minimum Gasteiger partial charge on any atom is -0.444 e. The fourth-order valence-corrected chi connectivity index (χ4v) is 2.79. The molecule has 0 aromatic carbocycles. The van der Waals surface area contributed by atoms with Crippen molar-refractivity contribution in [1.29, 1.82) is 0 Å². The summed E-state index contributed by atoms with van der Waals surface area (Å²) in [7, 11) is -1.64. The Kier molecular flexibility index (Phi) is 11.7. The van der Waals surface area contributed by atoms with Crippen LogP contribution >= 0.6 is 0 Å². The normalized spacial score (nSPS) is 12.9. The molecule has 26 heavy (non-hydrogen) atoms. The Bertz CT molecular complexity index is 388. The summed E-state index contributed by atoms with van der Waals surface area (Å²) in [6.07, 6.45) is 1.27. The van der Waals surface area contributed by atoms with Crippen LogP contribution in [0.3, 0.4) is 0 Å². The predicted molar refractivity (Wildman–Crippen MR) is 108 cm³/mol. The second kappa shape index (κ2) is 12.0. The molecule has 0 radical (unpaired) electrons. The first-order valence-corrected chi connectivity index (χ1v) is 12.5. The Hall–Kier alpha value is -0.633. The van der Waals surface area contributed by atoms with Crippen molar-refractivity contribution in [2.24, 2.45) is 0 Å². The quantitative estimate of drug-likeness (QED) is 0.396. The highest BCUT2D eigenvalue weighted by atomic mass is 28.4. The number of alkyl carbamates (subject to hydrolysis) is 1. The van der Waals surface area contributed by atoms with E-state index in [-0.39, 0.29) is 11.1 Å². The van der Waals surface area contributed by atoms with E-state index in [4.69, 9.17) is 18.6 Å². The van der Waals surface area contributed by atoms with Crippen molar-refractivity contribution in [3.63, 3.8) is 0 Å². The van der Waals surface area contributed by atoms with Crippen LogP contribution in [-0.4, -0.2) is 59.6 Å². The van der Waals surface area contributed by atoms with Gasteiger partial charge in [0.2, 0.25) is 0 Å². The molecule has 156 valence electrons. The second-order valence-corrected chi connectivity index (χ2v) is 13.8. The number of hydrogen-bond donors (Lipinski definition) is 1. The van der Waals surface area contributed by atoms with E-state index in [1.165, 1.54) is 0 Å². The van der Waals surface area contributed by atoms with Crippen LogP contribution in [0.4, 0.5) is 4.79 Å². The van der Waals surface area contributed by atoms with Crippen LogP contribution in [0.25, 0.3) is 0 Å². The van der Waals surface area contributed by atoms with Crippen LogP contribution in [0.15, 0.2) is 0 Å². The summed E-state index contributed by atoms with van der Waals surface area (Å²) < 4.78 is 22.3. The topological polar surface area (TPSA) is 66.0 Å². The molecule has 0 aliphatic rings. The van der Waals surface area contributed by atoms with Gasteiger partial charge in [0.25, 0.3) is 0 Å². The third kappa shape index (κ3) is 13.6. The van der Waals surface area contributed by atoms with Crippen molar-refractivity contribution >= 4 is 14.4 Å². The molecular formula is C19H41NO5Si. The number of hydrogen-bond acceptors (Lipinski definition) is 5. The second-order valence-electron chi connectivity index (χ2n) is 8.97. The lowest BCUT2D eigenvalue weighted by Crippen LogP contribution is -2.41. The van der Waals surface area contributed by atoms with E-state index < -0.39 is 13.9 Å². The van der Waals surface area contributed by atoms with Crippen molar-refractivity contribution in [3.05, 3.63) is 0 Å². The maximum Gasteiger partial charge on any atom is 0.407 e. The zero-order chi connectivity index (χ0) is 20.3. The molecule has 0 unspecified atom stereocenters. The van der Waals surface area contributed by atoms with Gasteiger partial charge in [-0.05, 0) is 51.7 Å². The molecule has 1 amide bonds. The highest BCUT2D eigenvalue weighted by molar-refractivity contribution is 6.74. The molecule has 0 heterocycles. The summed E-state index contributed by atoms with van der Waals surface area (Å²) in [5.41, 5.74) is -0.465. The summed E-state index contributed by atoms with van der Waals surface area (Å²) in [5, 5.41) is 2.95. The van der Waals surface area contributed by atoms with E-state index in [0.29, 0.717) is 33.0 Å². The summed E-state index contributed by atoms with van der Waals surface area (Å²) in [4.78, 5) is 11.4. The minimum atomic E-state index is -1.64. The monoisotopic (exact) mass is 391 g/mol. The molecule has 0 spiro atoms. The largest absolute Gasteiger partial charge is 0.444 e. The van der Waals surface area contributed by atoms with Gasteiger partial charge in [-0.25, -0.2) is 4.79 Å². The van der Waals surface area contributed by atoms with Crippen LogP contribution in [0.1, 0.15) is 54.4 Å². The van der Waals surface area contributed by atoms with Gasteiger partial charge < -0.3 is 24.0 Å². The van der Waals surface area contributed by atoms with Crippen LogP contribution in [0.2, 0.25) is 18.1 Å². The van der Waals surface area contributed by atoms with E-state index in [9.17, 15) is 4.79 Å². The van der Waals surface area contributed by atoms with Gasteiger partial charge in [-0.3, -0.25) is 0 Å². The molecule has 1 N–H and O–H groups in total. The fourth-order valence-electron chi connectivity index (χ4n) is 1.71. The summed E-state index contributed by atoms with van der Waals surface area (Å²) in [6, 6.07) is 0. The number of carbonyl (C=O) groups is 1. The van der Waals surface area contributed by atoms with Gasteiger partial charge in [-0.1, -0.05) is 20.8 Å². The third-order valence-electron chi connectivity index (χ3n) is 4.21.